The quantitative estimate of drug-likeness (QED) is 0.751. The van der Waals surface area contributed by atoms with Gasteiger partial charge in [-0.15, -0.1) is 10.2 Å². The summed E-state index contributed by atoms with van der Waals surface area (Å²) < 4.78 is 1.99. The third-order valence-corrected chi connectivity index (χ3v) is 2.74. The normalized spacial score (nSPS) is 11.9. The Morgan fingerprint density at radius 3 is 2.33 bits per heavy atom. The van der Waals surface area contributed by atoms with Gasteiger partial charge in [0, 0.05) is 6.20 Å². The minimum Gasteiger partial charge on any atom is -0.289 e. The SMILES string of the molecule is CC(C)c1cc2nncn2cc1C(C)C. The van der Waals surface area contributed by atoms with Gasteiger partial charge in [0.25, 0.3) is 0 Å². The van der Waals surface area contributed by atoms with Gasteiger partial charge in [0.05, 0.1) is 0 Å². The zero-order valence-electron chi connectivity index (χ0n) is 9.73. The van der Waals surface area contributed by atoms with E-state index in [9.17, 15) is 0 Å². The first-order valence-corrected chi connectivity index (χ1v) is 5.42. The Balaban J connectivity index is 2.68. The molecule has 0 unspecified atom stereocenters. The molecule has 0 spiro atoms. The van der Waals surface area contributed by atoms with Crippen molar-refractivity contribution in [3.8, 4) is 0 Å². The van der Waals surface area contributed by atoms with E-state index in [2.05, 4.69) is 50.2 Å². The van der Waals surface area contributed by atoms with E-state index in [1.807, 2.05) is 4.40 Å². The molecule has 0 bridgehead atoms. The first-order chi connectivity index (χ1) is 7.09. The smallest absolute Gasteiger partial charge is 0.160 e. The molecule has 0 saturated heterocycles. The lowest BCUT2D eigenvalue weighted by molar-refractivity contribution is 0.781. The molecule has 0 N–H and O–H groups in total. The number of fused-ring (bicyclic) bond motifs is 1. The van der Waals surface area contributed by atoms with Gasteiger partial charge in [-0.2, -0.15) is 0 Å². The van der Waals surface area contributed by atoms with Crippen molar-refractivity contribution < 1.29 is 0 Å². The lowest BCUT2D eigenvalue weighted by Crippen LogP contribution is -2.01. The van der Waals surface area contributed by atoms with E-state index in [4.69, 9.17) is 0 Å². The molecule has 3 nitrogen and oxygen atoms in total. The summed E-state index contributed by atoms with van der Waals surface area (Å²) in [5, 5.41) is 7.99. The van der Waals surface area contributed by atoms with Crippen molar-refractivity contribution in [3.05, 3.63) is 29.7 Å². The van der Waals surface area contributed by atoms with Gasteiger partial charge >= 0.3 is 0 Å². The van der Waals surface area contributed by atoms with Crippen LogP contribution in [0.2, 0.25) is 0 Å². The summed E-state index contributed by atoms with van der Waals surface area (Å²) in [4.78, 5) is 0. The predicted octanol–water partition coefficient (Wildman–Crippen LogP) is 2.98. The van der Waals surface area contributed by atoms with Crippen LogP contribution in [0.4, 0.5) is 0 Å². The number of hydrogen-bond acceptors (Lipinski definition) is 2. The van der Waals surface area contributed by atoms with Crippen molar-refractivity contribution >= 4 is 5.65 Å². The zero-order valence-corrected chi connectivity index (χ0v) is 9.73. The molecule has 80 valence electrons. The van der Waals surface area contributed by atoms with Crippen LogP contribution in [0.3, 0.4) is 0 Å². The molecule has 2 aromatic heterocycles. The summed E-state index contributed by atoms with van der Waals surface area (Å²) in [6.45, 7) is 8.87. The highest BCUT2D eigenvalue weighted by Crippen LogP contribution is 2.26. The first-order valence-electron chi connectivity index (χ1n) is 5.42. The van der Waals surface area contributed by atoms with Crippen LogP contribution in [-0.4, -0.2) is 14.6 Å². The Hall–Kier alpha value is -1.38. The Bertz CT molecular complexity index is 427. The number of pyridine rings is 1. The molecule has 3 heteroatoms. The Morgan fingerprint density at radius 1 is 1.07 bits per heavy atom. The summed E-state index contributed by atoms with van der Waals surface area (Å²) >= 11 is 0. The molecule has 0 aliphatic rings. The average molecular weight is 203 g/mol. The third kappa shape index (κ3) is 1.74. The highest BCUT2D eigenvalue weighted by Gasteiger charge is 2.12. The van der Waals surface area contributed by atoms with Crippen LogP contribution in [0.1, 0.15) is 50.7 Å². The molecule has 2 aromatic rings. The lowest BCUT2D eigenvalue weighted by Gasteiger charge is -2.15. The van der Waals surface area contributed by atoms with Crippen LogP contribution < -0.4 is 0 Å². The van der Waals surface area contributed by atoms with Crippen LogP contribution in [0.25, 0.3) is 5.65 Å². The van der Waals surface area contributed by atoms with Crippen LogP contribution in [0, 0.1) is 0 Å². The Labute approximate surface area is 90.1 Å². The number of nitrogens with zero attached hydrogens (tertiary/aromatic N) is 3. The van der Waals surface area contributed by atoms with Gasteiger partial charge < -0.3 is 0 Å². The molecular weight excluding hydrogens is 186 g/mol. The minimum atomic E-state index is 0.532. The van der Waals surface area contributed by atoms with Crippen molar-refractivity contribution in [3.63, 3.8) is 0 Å². The van der Waals surface area contributed by atoms with Gasteiger partial charge in [0.15, 0.2) is 5.65 Å². The maximum atomic E-state index is 4.08. The average Bonchev–Trinajstić information content (AvgIpc) is 2.61. The van der Waals surface area contributed by atoms with Crippen molar-refractivity contribution in [2.24, 2.45) is 0 Å². The molecular formula is C12H17N3. The highest BCUT2D eigenvalue weighted by molar-refractivity contribution is 5.45. The third-order valence-electron chi connectivity index (χ3n) is 2.74. The molecule has 0 atom stereocenters. The first kappa shape index (κ1) is 10.1. The summed E-state index contributed by atoms with van der Waals surface area (Å²) in [5.74, 6) is 1.07. The Kier molecular flexibility index (Phi) is 2.47. The number of aromatic nitrogens is 3. The fourth-order valence-electron chi connectivity index (χ4n) is 1.88. The largest absolute Gasteiger partial charge is 0.289 e. The predicted molar refractivity (Wildman–Crippen MR) is 61.2 cm³/mol. The second-order valence-corrected chi connectivity index (χ2v) is 4.59. The molecule has 0 saturated carbocycles. The van der Waals surface area contributed by atoms with E-state index < -0.39 is 0 Å². The Morgan fingerprint density at radius 2 is 1.73 bits per heavy atom. The monoisotopic (exact) mass is 203 g/mol. The topological polar surface area (TPSA) is 30.2 Å². The number of hydrogen-bond donors (Lipinski definition) is 0. The van der Waals surface area contributed by atoms with E-state index in [1.165, 1.54) is 11.1 Å². The van der Waals surface area contributed by atoms with Crippen molar-refractivity contribution in [2.45, 2.75) is 39.5 Å². The number of rotatable bonds is 2. The van der Waals surface area contributed by atoms with Crippen molar-refractivity contribution in [1.82, 2.24) is 14.6 Å². The van der Waals surface area contributed by atoms with Crippen molar-refractivity contribution in [1.29, 1.82) is 0 Å². The van der Waals surface area contributed by atoms with E-state index in [-0.39, 0.29) is 0 Å². The summed E-state index contributed by atoms with van der Waals surface area (Å²) in [6, 6.07) is 2.15. The zero-order chi connectivity index (χ0) is 11.0. The molecule has 2 heterocycles. The van der Waals surface area contributed by atoms with Crippen LogP contribution in [-0.2, 0) is 0 Å². The van der Waals surface area contributed by atoms with Gasteiger partial charge in [0.1, 0.15) is 6.33 Å². The molecule has 0 radical (unpaired) electrons. The second-order valence-electron chi connectivity index (χ2n) is 4.59. The molecule has 0 aliphatic carbocycles. The molecule has 15 heavy (non-hydrogen) atoms. The van der Waals surface area contributed by atoms with Gasteiger partial charge in [-0.1, -0.05) is 27.7 Å². The molecule has 2 rings (SSSR count). The second kappa shape index (κ2) is 3.65. The van der Waals surface area contributed by atoms with Gasteiger partial charge in [-0.05, 0) is 29.0 Å². The van der Waals surface area contributed by atoms with Crippen LogP contribution >= 0.6 is 0 Å². The van der Waals surface area contributed by atoms with Crippen LogP contribution in [0.5, 0.6) is 0 Å². The molecule has 0 aromatic carbocycles. The summed E-state index contributed by atoms with van der Waals surface area (Å²) in [6.07, 6.45) is 3.90. The minimum absolute atomic E-state index is 0.532. The lowest BCUT2D eigenvalue weighted by atomic mass is 9.92. The fraction of sp³-hybridized carbons (Fsp3) is 0.500. The molecule has 0 amide bonds. The van der Waals surface area contributed by atoms with E-state index in [0.717, 1.165) is 5.65 Å². The fourth-order valence-corrected chi connectivity index (χ4v) is 1.88. The van der Waals surface area contributed by atoms with E-state index in [0.29, 0.717) is 11.8 Å². The molecule has 0 aliphatic heterocycles. The highest BCUT2D eigenvalue weighted by atomic mass is 15.2. The summed E-state index contributed by atoms with van der Waals surface area (Å²) in [7, 11) is 0. The van der Waals surface area contributed by atoms with Gasteiger partial charge in [-0.3, -0.25) is 4.40 Å². The van der Waals surface area contributed by atoms with E-state index in [1.54, 1.807) is 6.33 Å². The maximum Gasteiger partial charge on any atom is 0.160 e. The van der Waals surface area contributed by atoms with E-state index >= 15 is 0 Å². The summed E-state index contributed by atoms with van der Waals surface area (Å²) in [5.41, 5.74) is 3.70. The van der Waals surface area contributed by atoms with Crippen LogP contribution in [0.15, 0.2) is 18.6 Å². The standard InChI is InChI=1S/C12H17N3/c1-8(2)10-5-12-14-13-7-15(12)6-11(10)9(3)4/h5-9H,1-4H3. The van der Waals surface area contributed by atoms with Gasteiger partial charge in [0.2, 0.25) is 0 Å². The molecule has 0 fully saturated rings. The van der Waals surface area contributed by atoms with Crippen molar-refractivity contribution in [2.75, 3.05) is 0 Å². The van der Waals surface area contributed by atoms with Gasteiger partial charge in [-0.25, -0.2) is 0 Å². The maximum absolute atomic E-state index is 4.08.